The van der Waals surface area contributed by atoms with Crippen LogP contribution in [-0.4, -0.2) is 15.5 Å². The lowest BCUT2D eigenvalue weighted by Crippen LogP contribution is -2.12. The fourth-order valence-electron chi connectivity index (χ4n) is 1.99. The lowest BCUT2D eigenvalue weighted by atomic mass is 10.1. The average molecular weight is 301 g/mol. The van der Waals surface area contributed by atoms with Gasteiger partial charge in [0.1, 0.15) is 5.75 Å². The molecule has 4 nitrogen and oxygen atoms in total. The molecule has 0 amide bonds. The van der Waals surface area contributed by atoms with E-state index in [1.165, 1.54) is 19.2 Å². The summed E-state index contributed by atoms with van der Waals surface area (Å²) in [6.45, 7) is 1.88. The summed E-state index contributed by atoms with van der Waals surface area (Å²) >= 11 is 0. The van der Waals surface area contributed by atoms with Gasteiger partial charge in [-0.15, -0.1) is 0 Å². The number of nitriles is 1. The Hall–Kier alpha value is -2.32. The highest BCUT2D eigenvalue weighted by Crippen LogP contribution is 2.30. The van der Waals surface area contributed by atoms with Gasteiger partial charge in [0, 0.05) is 0 Å². The van der Waals surface area contributed by atoms with E-state index < -0.39 is 15.1 Å². The number of ether oxygens (including phenoxy) is 1. The first-order chi connectivity index (χ1) is 9.98. The Morgan fingerprint density at radius 2 is 1.81 bits per heavy atom. The summed E-state index contributed by atoms with van der Waals surface area (Å²) in [6.07, 6.45) is 0. The summed E-state index contributed by atoms with van der Waals surface area (Å²) in [5.41, 5.74) is 1.36. The van der Waals surface area contributed by atoms with Crippen LogP contribution in [0.3, 0.4) is 0 Å². The Labute approximate surface area is 124 Å². The van der Waals surface area contributed by atoms with Crippen molar-refractivity contribution in [1.29, 1.82) is 5.26 Å². The molecule has 0 aliphatic carbocycles. The summed E-state index contributed by atoms with van der Waals surface area (Å²) < 4.78 is 30.3. The molecule has 21 heavy (non-hydrogen) atoms. The molecule has 0 aliphatic rings. The molecule has 0 bridgehead atoms. The molecule has 1 atom stereocenters. The summed E-state index contributed by atoms with van der Waals surface area (Å²) in [5.74, 6) is 0.520. The topological polar surface area (TPSA) is 67.2 Å². The van der Waals surface area contributed by atoms with Crippen molar-refractivity contribution in [3.8, 4) is 11.8 Å². The van der Waals surface area contributed by atoms with Gasteiger partial charge < -0.3 is 4.74 Å². The summed E-state index contributed by atoms with van der Waals surface area (Å²) in [5, 5.41) is 8.07. The van der Waals surface area contributed by atoms with E-state index in [1.54, 1.807) is 36.4 Å². The number of sulfone groups is 1. The first-order valence-electron chi connectivity index (χ1n) is 6.33. The minimum absolute atomic E-state index is 0.141. The van der Waals surface area contributed by atoms with Gasteiger partial charge in [-0.3, -0.25) is 0 Å². The van der Waals surface area contributed by atoms with E-state index in [1.807, 2.05) is 13.0 Å². The minimum Gasteiger partial charge on any atom is -0.497 e. The predicted molar refractivity (Wildman–Crippen MR) is 79.7 cm³/mol. The van der Waals surface area contributed by atoms with E-state index in [9.17, 15) is 13.7 Å². The third kappa shape index (κ3) is 3.06. The SMILES string of the molecule is COc1cccc([C@H](C#N)S(=O)(=O)c2ccc(C)cc2)c1. The van der Waals surface area contributed by atoms with Crippen LogP contribution in [0, 0.1) is 18.3 Å². The Balaban J connectivity index is 2.49. The zero-order valence-corrected chi connectivity index (χ0v) is 12.6. The van der Waals surface area contributed by atoms with Crippen LogP contribution in [0.5, 0.6) is 5.75 Å². The summed E-state index contributed by atoms with van der Waals surface area (Å²) in [7, 11) is -2.27. The first kappa shape index (κ1) is 15.1. The van der Waals surface area contributed by atoms with Crippen molar-refractivity contribution in [2.75, 3.05) is 7.11 Å². The fourth-order valence-corrected chi connectivity index (χ4v) is 3.42. The predicted octanol–water partition coefficient (Wildman–Crippen LogP) is 3.04. The van der Waals surface area contributed by atoms with Crippen molar-refractivity contribution in [3.63, 3.8) is 0 Å². The van der Waals surface area contributed by atoms with Crippen molar-refractivity contribution in [2.45, 2.75) is 17.1 Å². The minimum atomic E-state index is -3.76. The Bertz CT molecular complexity index is 774. The maximum absolute atomic E-state index is 12.6. The van der Waals surface area contributed by atoms with E-state index in [4.69, 9.17) is 4.74 Å². The molecule has 0 heterocycles. The lowest BCUT2D eigenvalue weighted by molar-refractivity contribution is 0.414. The number of hydrogen-bond donors (Lipinski definition) is 0. The molecule has 0 saturated carbocycles. The monoisotopic (exact) mass is 301 g/mol. The quantitative estimate of drug-likeness (QED) is 0.870. The van der Waals surface area contributed by atoms with Crippen LogP contribution in [-0.2, 0) is 9.84 Å². The third-order valence-electron chi connectivity index (χ3n) is 3.17. The van der Waals surface area contributed by atoms with E-state index in [-0.39, 0.29) is 4.90 Å². The second-order valence-corrected chi connectivity index (χ2v) is 6.68. The highest BCUT2D eigenvalue weighted by molar-refractivity contribution is 7.92. The van der Waals surface area contributed by atoms with Gasteiger partial charge in [0.25, 0.3) is 0 Å². The molecular weight excluding hydrogens is 286 g/mol. The molecule has 2 rings (SSSR count). The molecule has 0 aliphatic heterocycles. The van der Waals surface area contributed by atoms with Crippen LogP contribution in [0.2, 0.25) is 0 Å². The normalized spacial score (nSPS) is 12.4. The third-order valence-corrected chi connectivity index (χ3v) is 5.10. The molecule has 0 unspecified atom stereocenters. The van der Waals surface area contributed by atoms with Gasteiger partial charge in [0.15, 0.2) is 15.1 Å². The van der Waals surface area contributed by atoms with Crippen LogP contribution in [0.1, 0.15) is 16.4 Å². The number of rotatable bonds is 4. The zero-order chi connectivity index (χ0) is 15.5. The number of aryl methyl sites for hydroxylation is 1. The van der Waals surface area contributed by atoms with Gasteiger partial charge in [0.2, 0.25) is 0 Å². The van der Waals surface area contributed by atoms with Crippen molar-refractivity contribution >= 4 is 9.84 Å². The zero-order valence-electron chi connectivity index (χ0n) is 11.8. The molecule has 0 fully saturated rings. The molecule has 0 saturated heterocycles. The van der Waals surface area contributed by atoms with Gasteiger partial charge in [-0.2, -0.15) is 5.26 Å². The summed E-state index contributed by atoms with van der Waals surface area (Å²) in [4.78, 5) is 0.141. The molecule has 0 spiro atoms. The number of benzene rings is 2. The van der Waals surface area contributed by atoms with Crippen molar-refractivity contribution in [3.05, 3.63) is 59.7 Å². The maximum atomic E-state index is 12.6. The Kier molecular flexibility index (Phi) is 4.29. The van der Waals surface area contributed by atoms with Crippen LogP contribution < -0.4 is 4.74 Å². The molecule has 2 aromatic carbocycles. The molecule has 0 N–H and O–H groups in total. The number of nitrogens with zero attached hydrogens (tertiary/aromatic N) is 1. The number of hydrogen-bond acceptors (Lipinski definition) is 4. The van der Waals surface area contributed by atoms with E-state index in [2.05, 4.69) is 0 Å². The van der Waals surface area contributed by atoms with E-state index in [0.717, 1.165) is 5.56 Å². The van der Waals surface area contributed by atoms with Gasteiger partial charge in [-0.25, -0.2) is 8.42 Å². The molecular formula is C16H15NO3S. The molecule has 2 aromatic rings. The van der Waals surface area contributed by atoms with Crippen molar-refractivity contribution in [2.24, 2.45) is 0 Å². The molecule has 0 radical (unpaired) electrons. The standard InChI is InChI=1S/C16H15NO3S/c1-12-6-8-15(9-7-12)21(18,19)16(11-17)13-4-3-5-14(10-13)20-2/h3-10,16H,1-2H3/t16-/m0/s1. The van der Waals surface area contributed by atoms with E-state index in [0.29, 0.717) is 11.3 Å². The maximum Gasteiger partial charge on any atom is 0.198 e. The van der Waals surface area contributed by atoms with Crippen LogP contribution >= 0.6 is 0 Å². The highest BCUT2D eigenvalue weighted by atomic mass is 32.2. The van der Waals surface area contributed by atoms with Crippen molar-refractivity contribution in [1.82, 2.24) is 0 Å². The Morgan fingerprint density at radius 3 is 2.38 bits per heavy atom. The summed E-state index contributed by atoms with van der Waals surface area (Å²) in [6, 6.07) is 14.9. The largest absolute Gasteiger partial charge is 0.497 e. The van der Waals surface area contributed by atoms with Gasteiger partial charge in [-0.05, 0) is 36.8 Å². The van der Waals surface area contributed by atoms with Crippen LogP contribution in [0.15, 0.2) is 53.4 Å². The molecule has 5 heteroatoms. The second kappa shape index (κ2) is 5.98. The van der Waals surface area contributed by atoms with Crippen molar-refractivity contribution < 1.29 is 13.2 Å². The second-order valence-electron chi connectivity index (χ2n) is 4.64. The molecule has 0 aromatic heterocycles. The Morgan fingerprint density at radius 1 is 1.14 bits per heavy atom. The van der Waals surface area contributed by atoms with Crippen LogP contribution in [0.25, 0.3) is 0 Å². The smallest absolute Gasteiger partial charge is 0.198 e. The van der Waals surface area contributed by atoms with Gasteiger partial charge in [0.05, 0.1) is 18.1 Å². The molecule has 108 valence electrons. The highest BCUT2D eigenvalue weighted by Gasteiger charge is 2.29. The van der Waals surface area contributed by atoms with E-state index >= 15 is 0 Å². The lowest BCUT2D eigenvalue weighted by Gasteiger charge is -2.12. The first-order valence-corrected chi connectivity index (χ1v) is 7.88. The fraction of sp³-hybridized carbons (Fsp3) is 0.188. The number of methoxy groups -OCH3 is 1. The van der Waals surface area contributed by atoms with Gasteiger partial charge in [-0.1, -0.05) is 29.8 Å². The average Bonchev–Trinajstić information content (AvgIpc) is 2.48. The van der Waals surface area contributed by atoms with Gasteiger partial charge >= 0.3 is 0 Å². The van der Waals surface area contributed by atoms with Crippen LogP contribution in [0.4, 0.5) is 0 Å².